The Morgan fingerprint density at radius 2 is 2.08 bits per heavy atom. The van der Waals surface area contributed by atoms with Crippen molar-refractivity contribution in [3.05, 3.63) is 23.4 Å². The lowest BCUT2D eigenvalue weighted by atomic mass is 10.1. The molecule has 0 unspecified atom stereocenters. The van der Waals surface area contributed by atoms with Crippen LogP contribution in [0.1, 0.15) is 6.92 Å². The normalized spacial score (nSPS) is 18.2. The molecular weight excluding hydrogens is 171 g/mol. The van der Waals surface area contributed by atoms with Crippen LogP contribution >= 0.6 is 0 Å². The number of alkyl halides is 3. The number of carbonyl (C=O) groups excluding carboxylic acids is 1. The maximum absolute atomic E-state index is 12.0. The number of carbonyl (C=O) groups is 1. The molecular formula is C7H4F3NO. The number of rotatable bonds is 0. The third kappa shape index (κ3) is 1.66. The Morgan fingerprint density at radius 1 is 1.50 bits per heavy atom. The number of amides is 1. The van der Waals surface area contributed by atoms with Crippen molar-refractivity contribution in [3.8, 4) is 0 Å². The summed E-state index contributed by atoms with van der Waals surface area (Å²) in [5.74, 6) is -0.708. The third-order valence-corrected chi connectivity index (χ3v) is 1.30. The van der Waals surface area contributed by atoms with Gasteiger partial charge in [0, 0.05) is 6.08 Å². The van der Waals surface area contributed by atoms with E-state index in [-0.39, 0.29) is 5.57 Å². The lowest BCUT2D eigenvalue weighted by Crippen LogP contribution is -2.22. The molecule has 0 aromatic carbocycles. The number of hydrogen-bond acceptors (Lipinski definition) is 1. The first-order chi connectivity index (χ1) is 5.41. The molecule has 1 amide bonds. The van der Waals surface area contributed by atoms with Gasteiger partial charge >= 0.3 is 6.18 Å². The van der Waals surface area contributed by atoms with Crippen LogP contribution in [0.3, 0.4) is 0 Å². The van der Waals surface area contributed by atoms with Gasteiger partial charge in [-0.3, -0.25) is 4.79 Å². The highest BCUT2D eigenvalue weighted by atomic mass is 19.4. The van der Waals surface area contributed by atoms with Gasteiger partial charge in [-0.15, -0.1) is 0 Å². The standard InChI is InChI=1S/C7H4F3NO/c1-4-2-6(12)11-3-5(4)7(8,9)10/h2H,1H3. The smallest absolute Gasteiger partial charge is 0.267 e. The van der Waals surface area contributed by atoms with Gasteiger partial charge in [0.15, 0.2) is 0 Å². The molecule has 1 heterocycles. The van der Waals surface area contributed by atoms with E-state index in [2.05, 4.69) is 5.32 Å². The first-order valence-electron chi connectivity index (χ1n) is 3.05. The fourth-order valence-corrected chi connectivity index (χ4v) is 0.776. The van der Waals surface area contributed by atoms with Crippen molar-refractivity contribution in [1.29, 1.82) is 0 Å². The summed E-state index contributed by atoms with van der Waals surface area (Å²) in [4.78, 5) is 10.5. The average molecular weight is 175 g/mol. The summed E-state index contributed by atoms with van der Waals surface area (Å²) in [6.07, 6.45) is -1.99. The molecule has 0 bridgehead atoms. The molecule has 2 radical (unpaired) electrons. The first-order valence-corrected chi connectivity index (χ1v) is 3.05. The van der Waals surface area contributed by atoms with E-state index in [9.17, 15) is 18.0 Å². The molecule has 1 aliphatic heterocycles. The zero-order valence-corrected chi connectivity index (χ0v) is 6.07. The average Bonchev–Trinajstić information content (AvgIpc) is 1.83. The second-order valence-corrected chi connectivity index (χ2v) is 2.26. The Bertz CT molecular complexity index is 275. The van der Waals surface area contributed by atoms with Gasteiger partial charge in [0.2, 0.25) is 0 Å². The zero-order valence-electron chi connectivity index (χ0n) is 6.07. The number of halogens is 3. The van der Waals surface area contributed by atoms with E-state index in [1.54, 1.807) is 6.20 Å². The monoisotopic (exact) mass is 175 g/mol. The maximum atomic E-state index is 12.0. The van der Waals surface area contributed by atoms with E-state index >= 15 is 0 Å². The first kappa shape index (κ1) is 8.83. The fourth-order valence-electron chi connectivity index (χ4n) is 0.776. The van der Waals surface area contributed by atoms with Crippen LogP contribution in [0.4, 0.5) is 13.2 Å². The molecule has 0 aromatic heterocycles. The lowest BCUT2D eigenvalue weighted by molar-refractivity contribution is -0.116. The molecule has 0 saturated heterocycles. The van der Waals surface area contributed by atoms with Gasteiger partial charge in [0.1, 0.15) is 6.20 Å². The second-order valence-electron chi connectivity index (χ2n) is 2.26. The summed E-state index contributed by atoms with van der Waals surface area (Å²) in [7, 11) is 0. The molecule has 12 heavy (non-hydrogen) atoms. The van der Waals surface area contributed by atoms with Crippen molar-refractivity contribution < 1.29 is 18.0 Å². The number of hydrogen-bond donors (Lipinski definition) is 0. The Hall–Kier alpha value is -1.26. The summed E-state index contributed by atoms with van der Waals surface area (Å²) in [6.45, 7) is 1.20. The minimum Gasteiger partial charge on any atom is -0.267 e. The van der Waals surface area contributed by atoms with E-state index < -0.39 is 17.7 Å². The van der Waals surface area contributed by atoms with Crippen LogP contribution < -0.4 is 5.32 Å². The van der Waals surface area contributed by atoms with Crippen LogP contribution in [0.2, 0.25) is 0 Å². The van der Waals surface area contributed by atoms with Crippen LogP contribution in [0.5, 0.6) is 0 Å². The van der Waals surface area contributed by atoms with E-state index in [1.165, 1.54) is 6.92 Å². The van der Waals surface area contributed by atoms with Crippen LogP contribution in [0.25, 0.3) is 0 Å². The van der Waals surface area contributed by atoms with Crippen molar-refractivity contribution in [2.24, 2.45) is 0 Å². The maximum Gasteiger partial charge on any atom is 0.418 e. The summed E-state index contributed by atoms with van der Waals surface area (Å²) < 4.78 is 36.0. The largest absolute Gasteiger partial charge is 0.418 e. The summed E-state index contributed by atoms with van der Waals surface area (Å²) in [5, 5.41) is 2.91. The summed E-state index contributed by atoms with van der Waals surface area (Å²) >= 11 is 0. The third-order valence-electron chi connectivity index (χ3n) is 1.30. The summed E-state index contributed by atoms with van der Waals surface area (Å²) in [5.41, 5.74) is -1.13. The predicted molar refractivity (Wildman–Crippen MR) is 33.7 cm³/mol. The highest BCUT2D eigenvalue weighted by molar-refractivity contribution is 5.90. The van der Waals surface area contributed by atoms with Gasteiger partial charge in [-0.05, 0) is 12.5 Å². The Morgan fingerprint density at radius 3 is 2.50 bits per heavy atom. The highest BCUT2D eigenvalue weighted by Crippen LogP contribution is 2.31. The van der Waals surface area contributed by atoms with Crippen molar-refractivity contribution >= 4 is 5.91 Å². The topological polar surface area (TPSA) is 31.2 Å². The van der Waals surface area contributed by atoms with Gasteiger partial charge in [-0.1, -0.05) is 0 Å². The van der Waals surface area contributed by atoms with Crippen molar-refractivity contribution in [1.82, 2.24) is 5.32 Å². The minimum absolute atomic E-state index is 0.150. The van der Waals surface area contributed by atoms with Gasteiger partial charge in [-0.25, -0.2) is 5.32 Å². The highest BCUT2D eigenvalue weighted by Gasteiger charge is 2.36. The lowest BCUT2D eigenvalue weighted by Gasteiger charge is -2.13. The minimum atomic E-state index is -4.48. The number of nitrogens with zero attached hydrogens (tertiary/aromatic N) is 1. The van der Waals surface area contributed by atoms with Crippen LogP contribution in [0, 0.1) is 6.20 Å². The van der Waals surface area contributed by atoms with Gasteiger partial charge in [-0.2, -0.15) is 13.2 Å². The van der Waals surface area contributed by atoms with E-state index in [0.29, 0.717) is 0 Å². The van der Waals surface area contributed by atoms with Gasteiger partial charge < -0.3 is 0 Å². The second kappa shape index (κ2) is 2.66. The van der Waals surface area contributed by atoms with E-state index in [4.69, 9.17) is 0 Å². The molecule has 0 atom stereocenters. The molecule has 64 valence electrons. The molecule has 5 heteroatoms. The van der Waals surface area contributed by atoms with Gasteiger partial charge in [0.05, 0.1) is 5.57 Å². The predicted octanol–water partition coefficient (Wildman–Crippen LogP) is 1.33. The van der Waals surface area contributed by atoms with Crippen LogP contribution in [-0.2, 0) is 4.79 Å². The number of allylic oxidation sites excluding steroid dienone is 2. The van der Waals surface area contributed by atoms with E-state index in [0.717, 1.165) is 6.08 Å². The molecule has 0 fully saturated rings. The fraction of sp³-hybridized carbons (Fsp3) is 0.286. The zero-order chi connectivity index (χ0) is 9.35. The molecule has 1 rings (SSSR count). The molecule has 0 aliphatic carbocycles. The Balaban J connectivity index is 2.96. The molecule has 0 N–H and O–H groups in total. The van der Waals surface area contributed by atoms with Crippen LogP contribution in [-0.4, -0.2) is 12.1 Å². The SMILES string of the molecule is CC1=CC(=O)[N][C]=C1C(F)(F)F. The van der Waals surface area contributed by atoms with E-state index in [1.807, 2.05) is 0 Å². The molecule has 1 aliphatic rings. The molecule has 0 aromatic rings. The van der Waals surface area contributed by atoms with Crippen molar-refractivity contribution in [2.45, 2.75) is 13.1 Å². The summed E-state index contributed by atoms with van der Waals surface area (Å²) in [6, 6.07) is 0. The Kier molecular flexibility index (Phi) is 1.95. The van der Waals surface area contributed by atoms with Crippen LogP contribution in [0.15, 0.2) is 17.2 Å². The molecule has 2 nitrogen and oxygen atoms in total. The van der Waals surface area contributed by atoms with Crippen molar-refractivity contribution in [3.63, 3.8) is 0 Å². The molecule has 0 saturated carbocycles. The molecule has 0 spiro atoms. The van der Waals surface area contributed by atoms with Gasteiger partial charge in [0.25, 0.3) is 5.91 Å². The van der Waals surface area contributed by atoms with Crippen molar-refractivity contribution in [2.75, 3.05) is 0 Å². The Labute approximate surface area is 66.8 Å². The quantitative estimate of drug-likeness (QED) is 0.546.